The Morgan fingerprint density at radius 3 is 2.28 bits per heavy atom. The molecule has 0 aliphatic heterocycles. The van der Waals surface area contributed by atoms with Gasteiger partial charge < -0.3 is 4.57 Å². The highest BCUT2D eigenvalue weighted by Crippen LogP contribution is 2.20. The minimum atomic E-state index is 0.700. The van der Waals surface area contributed by atoms with Gasteiger partial charge in [-0.15, -0.1) is 23.0 Å². The van der Waals surface area contributed by atoms with Crippen molar-refractivity contribution in [1.82, 2.24) is 4.57 Å². The summed E-state index contributed by atoms with van der Waals surface area (Å²) in [6.45, 7) is 8.73. The molecular formula is C21H21N3S. The fraction of sp³-hybridized carbons (Fsp3) is 0.143. The van der Waals surface area contributed by atoms with Gasteiger partial charge in [-0.25, -0.2) is 0 Å². The molecule has 0 amide bonds. The molecule has 3 aromatic rings. The van der Waals surface area contributed by atoms with Crippen LogP contribution in [-0.4, -0.2) is 10.8 Å². The highest BCUT2D eigenvalue weighted by atomic mass is 32.1. The molecule has 0 aliphatic carbocycles. The van der Waals surface area contributed by atoms with Crippen LogP contribution in [0.4, 0.5) is 0 Å². The molecule has 1 heterocycles. The molecule has 2 aromatic carbocycles. The fourth-order valence-electron chi connectivity index (χ4n) is 2.47. The zero-order chi connectivity index (χ0) is 17.6. The number of hydrogen-bond acceptors (Lipinski definition) is 3. The molecule has 3 nitrogen and oxygen atoms in total. The van der Waals surface area contributed by atoms with Crippen molar-refractivity contribution >= 4 is 17.6 Å². The summed E-state index contributed by atoms with van der Waals surface area (Å²) in [5.74, 6) is 0. The predicted octanol–water partition coefficient (Wildman–Crippen LogP) is 4.95. The van der Waals surface area contributed by atoms with E-state index in [2.05, 4.69) is 77.0 Å². The van der Waals surface area contributed by atoms with Crippen LogP contribution >= 0.6 is 11.3 Å². The van der Waals surface area contributed by atoms with Gasteiger partial charge in [-0.2, -0.15) is 5.10 Å². The Kier molecular flexibility index (Phi) is 5.41. The molecule has 1 aromatic heterocycles. The Balaban J connectivity index is 1.94. The number of thiazole rings is 1. The first-order chi connectivity index (χ1) is 12.2. The van der Waals surface area contributed by atoms with E-state index in [1.54, 1.807) is 17.6 Å². The van der Waals surface area contributed by atoms with Crippen LogP contribution in [0.15, 0.2) is 76.8 Å². The van der Waals surface area contributed by atoms with Crippen LogP contribution in [0.3, 0.4) is 0 Å². The van der Waals surface area contributed by atoms with Gasteiger partial charge in [-0.3, -0.25) is 0 Å². The number of rotatable bonds is 5. The van der Waals surface area contributed by atoms with Gasteiger partial charge in [0.25, 0.3) is 0 Å². The van der Waals surface area contributed by atoms with Crippen molar-refractivity contribution in [2.75, 3.05) is 0 Å². The van der Waals surface area contributed by atoms with E-state index in [0.717, 1.165) is 16.1 Å². The maximum Gasteiger partial charge on any atom is 0.211 e. The molecule has 4 heteroatoms. The van der Waals surface area contributed by atoms with Gasteiger partial charge in [0.15, 0.2) is 0 Å². The number of aryl methyl sites for hydroxylation is 2. The van der Waals surface area contributed by atoms with Crippen molar-refractivity contribution in [3.63, 3.8) is 0 Å². The van der Waals surface area contributed by atoms with Crippen LogP contribution in [0.5, 0.6) is 0 Å². The van der Waals surface area contributed by atoms with Gasteiger partial charge in [0, 0.05) is 11.9 Å². The van der Waals surface area contributed by atoms with Gasteiger partial charge in [0.05, 0.1) is 11.9 Å². The van der Waals surface area contributed by atoms with Crippen LogP contribution in [-0.2, 0) is 6.54 Å². The van der Waals surface area contributed by atoms with Gasteiger partial charge in [0.2, 0.25) is 4.80 Å². The Morgan fingerprint density at radius 2 is 1.64 bits per heavy atom. The average Bonchev–Trinajstić information content (AvgIpc) is 3.01. The second-order valence-corrected chi connectivity index (χ2v) is 6.76. The molecule has 0 saturated heterocycles. The standard InChI is InChI=1S/C21H21N3S/c1-4-13-24-20(19-11-7-17(3)8-12-19)15-25-21(24)23-22-14-18-9-5-16(2)6-10-18/h4-12,14-15H,1,13H2,2-3H3/b22-14-,23-21-. The maximum absolute atomic E-state index is 4.41. The first-order valence-electron chi connectivity index (χ1n) is 8.17. The lowest BCUT2D eigenvalue weighted by Gasteiger charge is -2.06. The summed E-state index contributed by atoms with van der Waals surface area (Å²) in [6.07, 6.45) is 3.66. The summed E-state index contributed by atoms with van der Waals surface area (Å²) in [5, 5.41) is 10.8. The third-order valence-corrected chi connectivity index (χ3v) is 4.74. The Bertz CT molecular complexity index is 942. The molecule has 0 atom stereocenters. The quantitative estimate of drug-likeness (QED) is 0.355. The van der Waals surface area contributed by atoms with Crippen molar-refractivity contribution in [1.29, 1.82) is 0 Å². The minimum Gasteiger partial charge on any atom is -0.311 e. The molecule has 0 unspecified atom stereocenters. The van der Waals surface area contributed by atoms with Crippen LogP contribution in [0.25, 0.3) is 11.3 Å². The molecule has 0 radical (unpaired) electrons. The highest BCUT2D eigenvalue weighted by molar-refractivity contribution is 7.07. The van der Waals surface area contributed by atoms with Crippen LogP contribution in [0.1, 0.15) is 16.7 Å². The molecule has 0 N–H and O–H groups in total. The van der Waals surface area contributed by atoms with E-state index in [-0.39, 0.29) is 0 Å². The summed E-state index contributed by atoms with van der Waals surface area (Å²) < 4.78 is 2.13. The lowest BCUT2D eigenvalue weighted by Crippen LogP contribution is -2.14. The first kappa shape index (κ1) is 17.1. The molecule has 0 spiro atoms. The summed E-state index contributed by atoms with van der Waals surface area (Å²) in [5.41, 5.74) is 5.84. The second kappa shape index (κ2) is 7.90. The number of hydrogen-bond donors (Lipinski definition) is 0. The minimum absolute atomic E-state index is 0.700. The van der Waals surface area contributed by atoms with Crippen LogP contribution in [0.2, 0.25) is 0 Å². The highest BCUT2D eigenvalue weighted by Gasteiger charge is 2.06. The fourth-order valence-corrected chi connectivity index (χ4v) is 3.34. The number of aromatic nitrogens is 1. The molecule has 0 saturated carbocycles. The van der Waals surface area contributed by atoms with Gasteiger partial charge >= 0.3 is 0 Å². The number of benzene rings is 2. The molecule has 0 fully saturated rings. The SMILES string of the molecule is C=CCn1c(-c2ccc(C)cc2)cs/c1=N\N=C/c1ccc(C)cc1. The zero-order valence-electron chi connectivity index (χ0n) is 14.5. The van der Waals surface area contributed by atoms with E-state index in [4.69, 9.17) is 0 Å². The molecule has 0 bridgehead atoms. The van der Waals surface area contributed by atoms with Crippen molar-refractivity contribution in [3.8, 4) is 11.3 Å². The Labute approximate surface area is 152 Å². The van der Waals surface area contributed by atoms with Crippen LogP contribution < -0.4 is 4.80 Å². The van der Waals surface area contributed by atoms with Gasteiger partial charge in [-0.1, -0.05) is 65.7 Å². The van der Waals surface area contributed by atoms with E-state index in [0.29, 0.717) is 6.54 Å². The molecule has 126 valence electrons. The predicted molar refractivity (Wildman–Crippen MR) is 107 cm³/mol. The lowest BCUT2D eigenvalue weighted by molar-refractivity contribution is 0.789. The zero-order valence-corrected chi connectivity index (χ0v) is 15.3. The average molecular weight is 347 g/mol. The van der Waals surface area contributed by atoms with Crippen molar-refractivity contribution in [3.05, 3.63) is 88.1 Å². The van der Waals surface area contributed by atoms with E-state index < -0.39 is 0 Å². The van der Waals surface area contributed by atoms with E-state index in [1.807, 2.05) is 18.2 Å². The molecule has 0 aliphatic rings. The monoisotopic (exact) mass is 347 g/mol. The summed E-state index contributed by atoms with van der Waals surface area (Å²) in [7, 11) is 0. The smallest absolute Gasteiger partial charge is 0.211 e. The first-order valence-corrected chi connectivity index (χ1v) is 9.05. The Hall–Kier alpha value is -2.72. The molecular weight excluding hydrogens is 326 g/mol. The largest absolute Gasteiger partial charge is 0.311 e. The van der Waals surface area contributed by atoms with E-state index >= 15 is 0 Å². The van der Waals surface area contributed by atoms with Crippen LogP contribution in [0, 0.1) is 13.8 Å². The summed E-state index contributed by atoms with van der Waals surface area (Å²) in [4.78, 5) is 0.860. The Morgan fingerprint density at radius 1 is 1.00 bits per heavy atom. The number of allylic oxidation sites excluding steroid dienone is 1. The van der Waals surface area contributed by atoms with Gasteiger partial charge in [0.1, 0.15) is 0 Å². The van der Waals surface area contributed by atoms with Crippen molar-refractivity contribution in [2.45, 2.75) is 20.4 Å². The number of nitrogens with zero attached hydrogens (tertiary/aromatic N) is 3. The van der Waals surface area contributed by atoms with Crippen molar-refractivity contribution < 1.29 is 0 Å². The maximum atomic E-state index is 4.41. The second-order valence-electron chi connectivity index (χ2n) is 5.92. The normalized spacial score (nSPS) is 12.0. The molecule has 3 rings (SSSR count). The van der Waals surface area contributed by atoms with E-state index in [1.165, 1.54) is 16.7 Å². The third kappa shape index (κ3) is 4.22. The van der Waals surface area contributed by atoms with E-state index in [9.17, 15) is 0 Å². The topological polar surface area (TPSA) is 29.6 Å². The lowest BCUT2D eigenvalue weighted by atomic mass is 10.1. The summed E-state index contributed by atoms with van der Waals surface area (Å²) >= 11 is 1.59. The molecule has 25 heavy (non-hydrogen) atoms. The summed E-state index contributed by atoms with van der Waals surface area (Å²) in [6, 6.07) is 16.7. The van der Waals surface area contributed by atoms with Crippen molar-refractivity contribution in [2.24, 2.45) is 10.2 Å². The van der Waals surface area contributed by atoms with Gasteiger partial charge in [-0.05, 0) is 25.0 Å². The third-order valence-electron chi connectivity index (χ3n) is 3.88.